The second-order valence-corrected chi connectivity index (χ2v) is 8.77. The number of anilines is 1. The minimum atomic E-state index is -3.68. The van der Waals surface area contributed by atoms with Crippen molar-refractivity contribution in [1.82, 2.24) is 5.43 Å². The molecule has 0 atom stereocenters. The van der Waals surface area contributed by atoms with Crippen molar-refractivity contribution in [2.45, 2.75) is 13.8 Å². The van der Waals surface area contributed by atoms with Gasteiger partial charge in [-0.3, -0.25) is 9.10 Å². The number of benzene rings is 3. The highest BCUT2D eigenvalue weighted by atomic mass is 32.2. The number of rotatable bonds is 6. The number of hydrazone groups is 1. The molecule has 1 N–H and O–H groups in total. The predicted molar refractivity (Wildman–Crippen MR) is 118 cm³/mol. The minimum absolute atomic E-state index is 0.364. The molecule has 0 aromatic heterocycles. The van der Waals surface area contributed by atoms with Crippen LogP contribution in [-0.2, 0) is 14.8 Å². The Morgan fingerprint density at radius 3 is 2.34 bits per heavy atom. The molecule has 1 amide bonds. The van der Waals surface area contributed by atoms with Crippen molar-refractivity contribution in [3.05, 3.63) is 77.9 Å². The average molecular weight is 410 g/mol. The van der Waals surface area contributed by atoms with Gasteiger partial charge in [0, 0.05) is 5.39 Å². The van der Waals surface area contributed by atoms with E-state index in [-0.39, 0.29) is 6.54 Å². The zero-order valence-electron chi connectivity index (χ0n) is 16.6. The first-order chi connectivity index (χ1) is 13.8. The zero-order valence-corrected chi connectivity index (χ0v) is 17.4. The summed E-state index contributed by atoms with van der Waals surface area (Å²) in [6.45, 7) is 3.41. The quantitative estimate of drug-likeness (QED) is 0.500. The molecule has 0 aliphatic carbocycles. The predicted octanol–water partition coefficient (Wildman–Crippen LogP) is 3.45. The fourth-order valence-corrected chi connectivity index (χ4v) is 3.85. The van der Waals surface area contributed by atoms with Crippen LogP contribution >= 0.6 is 0 Å². The highest BCUT2D eigenvalue weighted by Crippen LogP contribution is 2.28. The monoisotopic (exact) mass is 409 g/mol. The third kappa shape index (κ3) is 5.00. The van der Waals surface area contributed by atoms with E-state index in [4.69, 9.17) is 0 Å². The van der Waals surface area contributed by atoms with Gasteiger partial charge in [-0.15, -0.1) is 0 Å². The first-order valence-electron chi connectivity index (χ1n) is 9.11. The summed E-state index contributed by atoms with van der Waals surface area (Å²) in [6, 6.07) is 20.6. The largest absolute Gasteiger partial charge is 0.271 e. The van der Waals surface area contributed by atoms with E-state index in [0.717, 1.165) is 32.5 Å². The average Bonchev–Trinajstić information content (AvgIpc) is 2.69. The van der Waals surface area contributed by atoms with Crippen molar-refractivity contribution in [3.8, 4) is 0 Å². The van der Waals surface area contributed by atoms with Gasteiger partial charge >= 0.3 is 0 Å². The molecule has 0 radical (unpaired) electrons. The molecule has 3 aromatic rings. The van der Waals surface area contributed by atoms with Crippen molar-refractivity contribution in [2.24, 2.45) is 5.10 Å². The number of aryl methyl sites for hydroxylation is 1. The molecule has 3 rings (SSSR count). The van der Waals surface area contributed by atoms with E-state index in [9.17, 15) is 13.2 Å². The van der Waals surface area contributed by atoms with E-state index in [0.29, 0.717) is 11.4 Å². The van der Waals surface area contributed by atoms with E-state index in [1.807, 2.05) is 61.5 Å². The van der Waals surface area contributed by atoms with E-state index in [2.05, 4.69) is 10.5 Å². The van der Waals surface area contributed by atoms with Gasteiger partial charge in [-0.25, -0.2) is 13.8 Å². The summed E-state index contributed by atoms with van der Waals surface area (Å²) in [4.78, 5) is 12.5. The Balaban J connectivity index is 1.83. The smallest absolute Gasteiger partial charge is 0.260 e. The van der Waals surface area contributed by atoms with Gasteiger partial charge in [0.05, 0.1) is 17.7 Å². The first-order valence-corrected chi connectivity index (χ1v) is 11.0. The van der Waals surface area contributed by atoms with Crippen LogP contribution in [-0.4, -0.2) is 32.8 Å². The zero-order chi connectivity index (χ0) is 21.0. The number of carbonyl (C=O) groups excluding carboxylic acids is 1. The molecule has 0 spiro atoms. The third-order valence-electron chi connectivity index (χ3n) is 4.54. The number of carbonyl (C=O) groups is 1. The number of amides is 1. The SMILES string of the molecule is C/C(=N/NC(=O)CN(c1cccc2ccccc12)S(C)(=O)=O)c1ccc(C)cc1. The molecule has 3 aromatic carbocycles. The lowest BCUT2D eigenvalue weighted by molar-refractivity contribution is -0.119. The van der Waals surface area contributed by atoms with Crippen LogP contribution in [0.2, 0.25) is 0 Å². The van der Waals surface area contributed by atoms with Crippen molar-refractivity contribution >= 4 is 38.1 Å². The van der Waals surface area contributed by atoms with Gasteiger partial charge in [0.25, 0.3) is 5.91 Å². The highest BCUT2D eigenvalue weighted by molar-refractivity contribution is 7.92. The third-order valence-corrected chi connectivity index (χ3v) is 5.67. The van der Waals surface area contributed by atoms with Crippen LogP contribution < -0.4 is 9.73 Å². The number of nitrogens with zero attached hydrogens (tertiary/aromatic N) is 2. The number of nitrogens with one attached hydrogen (secondary N) is 1. The van der Waals surface area contributed by atoms with Gasteiger partial charge in [-0.05, 0) is 30.9 Å². The summed E-state index contributed by atoms with van der Waals surface area (Å²) in [7, 11) is -3.68. The van der Waals surface area contributed by atoms with Crippen molar-refractivity contribution in [1.29, 1.82) is 0 Å². The Hall–Kier alpha value is -3.19. The standard InChI is InChI=1S/C22H23N3O3S/c1-16-11-13-18(14-12-16)17(2)23-24-22(26)15-25(29(3,27)28)21-10-6-8-19-7-4-5-9-20(19)21/h4-14H,15H2,1-3H3,(H,24,26)/b23-17-. The summed E-state index contributed by atoms with van der Waals surface area (Å²) < 4.78 is 25.9. The lowest BCUT2D eigenvalue weighted by Gasteiger charge is -2.23. The van der Waals surface area contributed by atoms with Crippen LogP contribution in [0.25, 0.3) is 10.8 Å². The lowest BCUT2D eigenvalue weighted by atomic mass is 10.1. The van der Waals surface area contributed by atoms with Crippen molar-refractivity contribution < 1.29 is 13.2 Å². The highest BCUT2D eigenvalue weighted by Gasteiger charge is 2.22. The Bertz CT molecular complexity index is 1160. The molecule has 0 heterocycles. The molecule has 0 saturated heterocycles. The summed E-state index contributed by atoms with van der Waals surface area (Å²) in [6.07, 6.45) is 1.09. The maximum absolute atomic E-state index is 12.5. The van der Waals surface area contributed by atoms with Gasteiger partial charge in [0.2, 0.25) is 10.0 Å². The summed E-state index contributed by atoms with van der Waals surface area (Å²) >= 11 is 0. The molecule has 7 heteroatoms. The van der Waals surface area contributed by atoms with Gasteiger partial charge < -0.3 is 0 Å². The molecule has 6 nitrogen and oxygen atoms in total. The number of hydrogen-bond donors (Lipinski definition) is 1. The van der Waals surface area contributed by atoms with Crippen LogP contribution in [0.1, 0.15) is 18.1 Å². The minimum Gasteiger partial charge on any atom is -0.271 e. The van der Waals surface area contributed by atoms with Gasteiger partial charge in [0.15, 0.2) is 0 Å². The molecular formula is C22H23N3O3S. The molecule has 0 aliphatic heterocycles. The summed E-state index contributed by atoms with van der Waals surface area (Å²) in [5, 5.41) is 5.76. The molecule has 0 unspecified atom stereocenters. The van der Waals surface area contributed by atoms with Crippen molar-refractivity contribution in [3.63, 3.8) is 0 Å². The van der Waals surface area contributed by atoms with Gasteiger partial charge in [-0.1, -0.05) is 66.2 Å². The molecule has 0 saturated carbocycles. The number of hydrogen-bond acceptors (Lipinski definition) is 4. The van der Waals surface area contributed by atoms with E-state index >= 15 is 0 Å². The molecule has 0 aliphatic rings. The van der Waals surface area contributed by atoms with Crippen LogP contribution in [0.5, 0.6) is 0 Å². The van der Waals surface area contributed by atoms with Gasteiger partial charge in [-0.2, -0.15) is 5.10 Å². The van der Waals surface area contributed by atoms with Crippen LogP contribution in [0.15, 0.2) is 71.8 Å². The number of fused-ring (bicyclic) bond motifs is 1. The van der Waals surface area contributed by atoms with Crippen LogP contribution in [0.3, 0.4) is 0 Å². The molecule has 29 heavy (non-hydrogen) atoms. The van der Waals surface area contributed by atoms with E-state index < -0.39 is 15.9 Å². The summed E-state index contributed by atoms with van der Waals surface area (Å²) in [5.74, 6) is -0.519. The van der Waals surface area contributed by atoms with E-state index in [1.54, 1.807) is 19.1 Å². The van der Waals surface area contributed by atoms with Crippen LogP contribution in [0, 0.1) is 6.92 Å². The Kier molecular flexibility index (Phi) is 5.98. The Morgan fingerprint density at radius 1 is 1.00 bits per heavy atom. The van der Waals surface area contributed by atoms with Gasteiger partial charge in [0.1, 0.15) is 6.54 Å². The maximum Gasteiger partial charge on any atom is 0.260 e. The first kappa shape index (κ1) is 20.5. The van der Waals surface area contributed by atoms with E-state index in [1.165, 1.54) is 0 Å². The maximum atomic E-state index is 12.5. The molecule has 0 bridgehead atoms. The second kappa shape index (κ2) is 8.45. The molecule has 0 fully saturated rings. The fourth-order valence-electron chi connectivity index (χ4n) is 2.98. The fraction of sp³-hybridized carbons (Fsp3) is 0.182. The Labute approximate surface area is 170 Å². The Morgan fingerprint density at radius 2 is 1.66 bits per heavy atom. The molecular weight excluding hydrogens is 386 g/mol. The van der Waals surface area contributed by atoms with Crippen molar-refractivity contribution in [2.75, 3.05) is 17.1 Å². The topological polar surface area (TPSA) is 78.8 Å². The lowest BCUT2D eigenvalue weighted by Crippen LogP contribution is -2.39. The number of sulfonamides is 1. The normalized spacial score (nSPS) is 12.0. The molecule has 150 valence electrons. The summed E-state index contributed by atoms with van der Waals surface area (Å²) in [5.41, 5.74) is 5.56. The van der Waals surface area contributed by atoms with Crippen LogP contribution in [0.4, 0.5) is 5.69 Å². The second-order valence-electron chi connectivity index (χ2n) is 6.87.